The Labute approximate surface area is 149 Å². The van der Waals surface area contributed by atoms with Crippen LogP contribution in [-0.2, 0) is 20.9 Å². The van der Waals surface area contributed by atoms with Gasteiger partial charge in [0.1, 0.15) is 6.10 Å². The van der Waals surface area contributed by atoms with Gasteiger partial charge >= 0.3 is 0 Å². The number of hydrogen-bond acceptors (Lipinski definition) is 4. The molecule has 3 aliphatic rings. The van der Waals surface area contributed by atoms with Crippen LogP contribution in [0.2, 0.25) is 0 Å². The third-order valence-corrected chi connectivity index (χ3v) is 5.51. The Balaban J connectivity index is 1.19. The Morgan fingerprint density at radius 1 is 1.16 bits per heavy atom. The lowest BCUT2D eigenvalue weighted by molar-refractivity contribution is -0.144. The molecule has 5 heteroatoms. The van der Waals surface area contributed by atoms with Crippen LogP contribution in [-0.4, -0.2) is 54.8 Å². The minimum Gasteiger partial charge on any atom is -0.375 e. The molecule has 2 heterocycles. The molecule has 0 bridgehead atoms. The van der Waals surface area contributed by atoms with Gasteiger partial charge in [0.25, 0.3) is 0 Å². The van der Waals surface area contributed by atoms with Crippen molar-refractivity contribution in [3.8, 4) is 0 Å². The molecule has 136 valence electrons. The minimum absolute atomic E-state index is 0.102. The van der Waals surface area contributed by atoms with E-state index in [1.165, 1.54) is 5.56 Å². The topological polar surface area (TPSA) is 50.8 Å². The zero-order chi connectivity index (χ0) is 17.1. The molecule has 5 nitrogen and oxygen atoms in total. The van der Waals surface area contributed by atoms with E-state index in [-0.39, 0.29) is 18.1 Å². The number of likely N-dealkylation sites (tertiary alicyclic amines) is 1. The van der Waals surface area contributed by atoms with Gasteiger partial charge in [-0.05, 0) is 37.7 Å². The maximum absolute atomic E-state index is 12.2. The van der Waals surface area contributed by atoms with Crippen molar-refractivity contribution >= 4 is 5.91 Å². The van der Waals surface area contributed by atoms with Crippen molar-refractivity contribution in [2.45, 2.75) is 63.0 Å². The van der Waals surface area contributed by atoms with E-state index in [4.69, 9.17) is 9.47 Å². The average molecular weight is 344 g/mol. The van der Waals surface area contributed by atoms with Crippen LogP contribution in [0.25, 0.3) is 0 Å². The number of ether oxygens (including phenoxy) is 2. The van der Waals surface area contributed by atoms with Gasteiger partial charge in [0, 0.05) is 25.2 Å². The van der Waals surface area contributed by atoms with Crippen LogP contribution in [0, 0.1) is 0 Å². The molecule has 1 aromatic carbocycles. The molecule has 1 aliphatic carbocycles. The molecule has 0 unspecified atom stereocenters. The summed E-state index contributed by atoms with van der Waals surface area (Å²) in [5, 5.41) is 3.07. The van der Waals surface area contributed by atoms with E-state index < -0.39 is 0 Å². The highest BCUT2D eigenvalue weighted by Gasteiger charge is 2.42. The standard InChI is InChI=1S/C20H28N2O3/c23-20(21-16-6-7-16)19-9-8-17-18(25-19)10-11-22(17)12-13-24-14-15-4-2-1-3-5-15/h1-5,16-19H,6-14H2,(H,21,23)/t17-,18-,19-/m0/s1. The van der Waals surface area contributed by atoms with Gasteiger partial charge in [-0.2, -0.15) is 0 Å². The third kappa shape index (κ3) is 4.40. The Morgan fingerprint density at radius 3 is 2.80 bits per heavy atom. The summed E-state index contributed by atoms with van der Waals surface area (Å²) in [6.07, 6.45) is 5.13. The molecule has 25 heavy (non-hydrogen) atoms. The molecule has 1 saturated carbocycles. The summed E-state index contributed by atoms with van der Waals surface area (Å²) in [5.41, 5.74) is 1.22. The number of nitrogens with zero attached hydrogens (tertiary/aromatic N) is 1. The van der Waals surface area contributed by atoms with Crippen LogP contribution < -0.4 is 5.32 Å². The van der Waals surface area contributed by atoms with Gasteiger partial charge in [0.05, 0.1) is 19.3 Å². The summed E-state index contributed by atoms with van der Waals surface area (Å²) < 4.78 is 11.9. The number of rotatable bonds is 7. The second-order valence-electron chi connectivity index (χ2n) is 7.45. The summed E-state index contributed by atoms with van der Waals surface area (Å²) in [6, 6.07) is 11.1. The molecule has 0 radical (unpaired) electrons. The van der Waals surface area contributed by atoms with Crippen molar-refractivity contribution in [1.82, 2.24) is 10.2 Å². The Bertz CT molecular complexity index is 576. The van der Waals surface area contributed by atoms with Crippen LogP contribution in [0.5, 0.6) is 0 Å². The van der Waals surface area contributed by atoms with E-state index in [1.54, 1.807) is 0 Å². The SMILES string of the molecule is O=C(NC1CC1)[C@@H]1CC[C@H]2[C@H](CCN2CCOCc2ccccc2)O1. The first-order valence-electron chi connectivity index (χ1n) is 9.61. The quantitative estimate of drug-likeness (QED) is 0.770. The molecule has 0 aromatic heterocycles. The van der Waals surface area contributed by atoms with Crippen molar-refractivity contribution in [1.29, 1.82) is 0 Å². The van der Waals surface area contributed by atoms with Crippen molar-refractivity contribution < 1.29 is 14.3 Å². The summed E-state index contributed by atoms with van der Waals surface area (Å²) in [7, 11) is 0. The average Bonchev–Trinajstić information content (AvgIpc) is 3.37. The number of hydrogen-bond donors (Lipinski definition) is 1. The van der Waals surface area contributed by atoms with E-state index in [9.17, 15) is 4.79 Å². The van der Waals surface area contributed by atoms with Gasteiger partial charge in [-0.3, -0.25) is 9.69 Å². The second kappa shape index (κ2) is 7.85. The molecule has 2 saturated heterocycles. The molecule has 4 rings (SSSR count). The van der Waals surface area contributed by atoms with Crippen molar-refractivity contribution in [2.24, 2.45) is 0 Å². The summed E-state index contributed by atoms with van der Waals surface area (Å²) in [4.78, 5) is 14.7. The van der Waals surface area contributed by atoms with Gasteiger partial charge in [0.2, 0.25) is 5.91 Å². The number of fused-ring (bicyclic) bond motifs is 1. The lowest BCUT2D eigenvalue weighted by Crippen LogP contribution is -2.48. The van der Waals surface area contributed by atoms with E-state index >= 15 is 0 Å². The molecule has 1 aromatic rings. The highest BCUT2D eigenvalue weighted by atomic mass is 16.5. The first kappa shape index (κ1) is 17.0. The number of benzene rings is 1. The molecule has 1 amide bonds. The number of amides is 1. The highest BCUT2D eigenvalue weighted by Crippen LogP contribution is 2.31. The van der Waals surface area contributed by atoms with Gasteiger partial charge in [-0.25, -0.2) is 0 Å². The van der Waals surface area contributed by atoms with Gasteiger partial charge in [0.15, 0.2) is 0 Å². The normalized spacial score (nSPS) is 29.4. The maximum atomic E-state index is 12.2. The molecule has 3 atom stereocenters. The van der Waals surface area contributed by atoms with Gasteiger partial charge in [-0.1, -0.05) is 30.3 Å². The molecule has 0 spiro atoms. The van der Waals surface area contributed by atoms with Crippen LogP contribution in [0.4, 0.5) is 0 Å². The fourth-order valence-corrected chi connectivity index (χ4v) is 3.95. The number of carbonyl (C=O) groups is 1. The number of carbonyl (C=O) groups excluding carboxylic acids is 1. The largest absolute Gasteiger partial charge is 0.375 e. The smallest absolute Gasteiger partial charge is 0.249 e. The molecular weight excluding hydrogens is 316 g/mol. The Kier molecular flexibility index (Phi) is 5.34. The second-order valence-corrected chi connectivity index (χ2v) is 7.45. The van der Waals surface area contributed by atoms with Crippen LogP contribution in [0.1, 0.15) is 37.7 Å². The van der Waals surface area contributed by atoms with E-state index in [0.717, 1.165) is 51.8 Å². The fourth-order valence-electron chi connectivity index (χ4n) is 3.95. The molecule has 3 fully saturated rings. The minimum atomic E-state index is -0.240. The molecular formula is C20H28N2O3. The van der Waals surface area contributed by atoms with Crippen LogP contribution in [0.3, 0.4) is 0 Å². The summed E-state index contributed by atoms with van der Waals surface area (Å²) in [6.45, 7) is 3.39. The lowest BCUT2D eigenvalue weighted by Gasteiger charge is -2.35. The summed E-state index contributed by atoms with van der Waals surface area (Å²) >= 11 is 0. The number of nitrogens with one attached hydrogen (secondary N) is 1. The van der Waals surface area contributed by atoms with Gasteiger partial charge < -0.3 is 14.8 Å². The first-order valence-corrected chi connectivity index (χ1v) is 9.61. The van der Waals surface area contributed by atoms with Crippen molar-refractivity contribution in [3.63, 3.8) is 0 Å². The Morgan fingerprint density at radius 2 is 2.00 bits per heavy atom. The lowest BCUT2D eigenvalue weighted by atomic mass is 9.98. The molecule has 1 N–H and O–H groups in total. The fraction of sp³-hybridized carbons (Fsp3) is 0.650. The zero-order valence-electron chi connectivity index (χ0n) is 14.7. The highest BCUT2D eigenvalue weighted by molar-refractivity contribution is 5.81. The maximum Gasteiger partial charge on any atom is 0.249 e. The van der Waals surface area contributed by atoms with Gasteiger partial charge in [-0.15, -0.1) is 0 Å². The monoisotopic (exact) mass is 344 g/mol. The van der Waals surface area contributed by atoms with E-state index in [0.29, 0.717) is 18.7 Å². The van der Waals surface area contributed by atoms with Crippen molar-refractivity contribution in [3.05, 3.63) is 35.9 Å². The van der Waals surface area contributed by atoms with E-state index in [1.807, 2.05) is 18.2 Å². The van der Waals surface area contributed by atoms with E-state index in [2.05, 4.69) is 22.3 Å². The predicted molar refractivity (Wildman–Crippen MR) is 95.1 cm³/mol. The summed E-state index contributed by atoms with van der Waals surface area (Å²) in [5.74, 6) is 0.102. The third-order valence-electron chi connectivity index (χ3n) is 5.51. The van der Waals surface area contributed by atoms with Crippen LogP contribution in [0.15, 0.2) is 30.3 Å². The first-order chi connectivity index (χ1) is 12.3. The Hall–Kier alpha value is -1.43. The van der Waals surface area contributed by atoms with Crippen LogP contribution >= 0.6 is 0 Å². The molecule has 2 aliphatic heterocycles. The predicted octanol–water partition coefficient (Wildman–Crippen LogP) is 2.10. The zero-order valence-corrected chi connectivity index (χ0v) is 14.7. The van der Waals surface area contributed by atoms with Crippen molar-refractivity contribution in [2.75, 3.05) is 19.7 Å².